The lowest BCUT2D eigenvalue weighted by molar-refractivity contribution is 0.577. The first-order valence-electron chi connectivity index (χ1n) is 8.58. The number of aromatic amines is 1. The molecule has 1 aromatic carbocycles. The number of aromatic nitrogens is 3. The van der Waals surface area contributed by atoms with Crippen molar-refractivity contribution >= 4 is 28.5 Å². The van der Waals surface area contributed by atoms with Crippen LogP contribution in [0.3, 0.4) is 0 Å². The molecule has 0 spiro atoms. The number of hydrogen-bond donors (Lipinski definition) is 1. The molecule has 2 aromatic heterocycles. The van der Waals surface area contributed by atoms with E-state index in [2.05, 4.69) is 40.0 Å². The summed E-state index contributed by atoms with van der Waals surface area (Å²) in [5.74, 6) is 0.836. The van der Waals surface area contributed by atoms with E-state index in [-0.39, 0.29) is 0 Å². The Balaban J connectivity index is 1.50. The number of thioether (sulfide) groups is 1. The molecule has 0 bridgehead atoms. The van der Waals surface area contributed by atoms with Gasteiger partial charge >= 0.3 is 0 Å². The van der Waals surface area contributed by atoms with Crippen LogP contribution in [0.25, 0.3) is 11.0 Å². The quantitative estimate of drug-likeness (QED) is 0.709. The number of nitrogens with zero attached hydrogens (tertiary/aromatic N) is 3. The van der Waals surface area contributed by atoms with Crippen molar-refractivity contribution in [1.82, 2.24) is 15.0 Å². The molecule has 0 atom stereocenters. The van der Waals surface area contributed by atoms with Crippen molar-refractivity contribution in [3.05, 3.63) is 47.8 Å². The summed E-state index contributed by atoms with van der Waals surface area (Å²) < 4.78 is 0. The lowest BCUT2D eigenvalue weighted by atomic mass is 10.1. The van der Waals surface area contributed by atoms with Gasteiger partial charge in [0.1, 0.15) is 0 Å². The van der Waals surface area contributed by atoms with E-state index in [1.807, 2.05) is 18.2 Å². The van der Waals surface area contributed by atoms with E-state index in [9.17, 15) is 0 Å². The van der Waals surface area contributed by atoms with Gasteiger partial charge in [-0.3, -0.25) is 4.98 Å². The van der Waals surface area contributed by atoms with Gasteiger partial charge in [0.2, 0.25) is 0 Å². The number of benzene rings is 1. The van der Waals surface area contributed by atoms with Crippen molar-refractivity contribution in [3.63, 3.8) is 0 Å². The summed E-state index contributed by atoms with van der Waals surface area (Å²) in [4.78, 5) is 15.2. The van der Waals surface area contributed by atoms with Crippen LogP contribution in [0.15, 0.2) is 41.6 Å². The average Bonchev–Trinajstić information content (AvgIpc) is 3.03. The number of imidazole rings is 1. The van der Waals surface area contributed by atoms with Crippen LogP contribution in [0, 0.1) is 6.92 Å². The van der Waals surface area contributed by atoms with E-state index >= 15 is 0 Å². The molecule has 3 aromatic rings. The first-order chi connectivity index (χ1) is 11.8. The Labute approximate surface area is 146 Å². The van der Waals surface area contributed by atoms with Crippen LogP contribution in [0.5, 0.6) is 0 Å². The molecule has 1 aliphatic heterocycles. The number of nitrogens with one attached hydrogen (secondary N) is 1. The van der Waals surface area contributed by atoms with Gasteiger partial charge in [0.25, 0.3) is 0 Å². The molecule has 1 saturated heterocycles. The lowest BCUT2D eigenvalue weighted by Crippen LogP contribution is -2.29. The third-order valence-corrected chi connectivity index (χ3v) is 5.34. The van der Waals surface area contributed by atoms with Crippen LogP contribution in [0.1, 0.15) is 30.7 Å². The summed E-state index contributed by atoms with van der Waals surface area (Å²) >= 11 is 1.72. The molecule has 0 aliphatic carbocycles. The summed E-state index contributed by atoms with van der Waals surface area (Å²) in [6.45, 7) is 4.42. The highest BCUT2D eigenvalue weighted by Crippen LogP contribution is 2.26. The largest absolute Gasteiger partial charge is 0.371 e. The number of aryl methyl sites for hydroxylation is 1. The van der Waals surface area contributed by atoms with Crippen LogP contribution in [0.4, 0.5) is 5.69 Å². The van der Waals surface area contributed by atoms with E-state index in [1.165, 1.54) is 38.0 Å². The molecule has 5 heteroatoms. The highest BCUT2D eigenvalue weighted by atomic mass is 32.2. The van der Waals surface area contributed by atoms with Crippen molar-refractivity contribution < 1.29 is 0 Å². The highest BCUT2D eigenvalue weighted by molar-refractivity contribution is 7.98. The maximum Gasteiger partial charge on any atom is 0.166 e. The van der Waals surface area contributed by atoms with Gasteiger partial charge < -0.3 is 9.88 Å². The minimum atomic E-state index is 0.836. The van der Waals surface area contributed by atoms with Crippen molar-refractivity contribution in [2.75, 3.05) is 18.0 Å². The van der Waals surface area contributed by atoms with E-state index < -0.39 is 0 Å². The summed E-state index contributed by atoms with van der Waals surface area (Å²) in [5, 5.41) is 0.957. The molecule has 0 unspecified atom stereocenters. The summed E-state index contributed by atoms with van der Waals surface area (Å²) in [6.07, 6.45) is 3.95. The molecule has 1 fully saturated rings. The Bertz CT molecular complexity index is 803. The first-order valence-corrected chi connectivity index (χ1v) is 9.56. The van der Waals surface area contributed by atoms with Crippen molar-refractivity contribution in [2.45, 2.75) is 37.1 Å². The van der Waals surface area contributed by atoms with Crippen LogP contribution >= 0.6 is 11.8 Å². The van der Waals surface area contributed by atoms with Crippen molar-refractivity contribution in [3.8, 4) is 0 Å². The molecule has 1 N–H and O–H groups in total. The summed E-state index contributed by atoms with van der Waals surface area (Å²) in [7, 11) is 0. The fraction of sp³-hybridized carbons (Fsp3) is 0.368. The second-order valence-electron chi connectivity index (χ2n) is 6.35. The maximum absolute atomic E-state index is 4.71. The fourth-order valence-corrected chi connectivity index (χ4v) is 4.04. The Morgan fingerprint density at radius 2 is 1.92 bits per heavy atom. The van der Waals surface area contributed by atoms with E-state index in [0.29, 0.717) is 0 Å². The standard InChI is InChI=1S/C19H22N4S/c1-14-11-16(23-9-5-2-6-10-23)12-15(20-14)13-24-19-21-17-7-3-4-8-18(17)22-19/h3-4,7-8,11-12H,2,5-6,9-10,13H2,1H3,(H,21,22). The van der Waals surface area contributed by atoms with E-state index in [0.717, 1.165) is 33.3 Å². The number of anilines is 1. The number of para-hydroxylation sites is 2. The summed E-state index contributed by atoms with van der Waals surface area (Å²) in [5.41, 5.74) is 5.65. The van der Waals surface area contributed by atoms with Crippen molar-refractivity contribution in [2.24, 2.45) is 0 Å². The first kappa shape index (κ1) is 15.5. The number of piperidine rings is 1. The Hall–Kier alpha value is -2.01. The molecule has 4 rings (SSSR count). The average molecular weight is 338 g/mol. The predicted octanol–water partition coefficient (Wildman–Crippen LogP) is 4.55. The maximum atomic E-state index is 4.71. The highest BCUT2D eigenvalue weighted by Gasteiger charge is 2.13. The van der Waals surface area contributed by atoms with Crippen molar-refractivity contribution in [1.29, 1.82) is 0 Å². The smallest absolute Gasteiger partial charge is 0.166 e. The molecule has 24 heavy (non-hydrogen) atoms. The third-order valence-electron chi connectivity index (χ3n) is 4.44. The molecule has 124 valence electrons. The third kappa shape index (κ3) is 3.41. The molecule has 1 aliphatic rings. The van der Waals surface area contributed by atoms with Crippen LogP contribution in [-0.2, 0) is 5.75 Å². The van der Waals surface area contributed by atoms with Gasteiger partial charge in [0, 0.05) is 30.2 Å². The predicted molar refractivity (Wildman–Crippen MR) is 101 cm³/mol. The monoisotopic (exact) mass is 338 g/mol. The number of fused-ring (bicyclic) bond motifs is 1. The number of rotatable bonds is 4. The Kier molecular flexibility index (Phi) is 4.43. The van der Waals surface area contributed by atoms with Gasteiger partial charge in [0.15, 0.2) is 5.16 Å². The van der Waals surface area contributed by atoms with Gasteiger partial charge in [-0.25, -0.2) is 4.98 Å². The molecule has 4 nitrogen and oxygen atoms in total. The topological polar surface area (TPSA) is 44.8 Å². The zero-order valence-electron chi connectivity index (χ0n) is 14.0. The van der Waals surface area contributed by atoms with Gasteiger partial charge in [-0.15, -0.1) is 0 Å². The second-order valence-corrected chi connectivity index (χ2v) is 7.32. The van der Waals surface area contributed by atoms with Crippen LogP contribution in [0.2, 0.25) is 0 Å². The SMILES string of the molecule is Cc1cc(N2CCCCC2)cc(CSc2nc3ccccc3[nH]2)n1. The zero-order chi connectivity index (χ0) is 16.4. The molecule has 3 heterocycles. The Morgan fingerprint density at radius 1 is 1.08 bits per heavy atom. The van der Waals surface area contributed by atoms with Gasteiger partial charge in [0.05, 0.1) is 16.7 Å². The molecular weight excluding hydrogens is 316 g/mol. The molecule has 0 amide bonds. The van der Waals surface area contributed by atoms with E-state index in [1.54, 1.807) is 11.8 Å². The molecular formula is C19H22N4S. The minimum absolute atomic E-state index is 0.836. The Morgan fingerprint density at radius 3 is 2.75 bits per heavy atom. The normalized spacial score (nSPS) is 15.1. The lowest BCUT2D eigenvalue weighted by Gasteiger charge is -2.29. The summed E-state index contributed by atoms with van der Waals surface area (Å²) in [6, 6.07) is 12.6. The van der Waals surface area contributed by atoms with E-state index in [4.69, 9.17) is 4.98 Å². The van der Waals surface area contributed by atoms with Crippen LogP contribution in [-0.4, -0.2) is 28.0 Å². The number of H-pyrrole nitrogens is 1. The van der Waals surface area contributed by atoms with Gasteiger partial charge in [-0.2, -0.15) is 0 Å². The zero-order valence-corrected chi connectivity index (χ0v) is 14.8. The fourth-order valence-electron chi connectivity index (χ4n) is 3.27. The number of hydrogen-bond acceptors (Lipinski definition) is 4. The molecule has 0 radical (unpaired) electrons. The van der Waals surface area contributed by atoms with Gasteiger partial charge in [-0.1, -0.05) is 23.9 Å². The number of pyridine rings is 1. The minimum Gasteiger partial charge on any atom is -0.371 e. The van der Waals surface area contributed by atoms with Crippen LogP contribution < -0.4 is 4.90 Å². The van der Waals surface area contributed by atoms with Gasteiger partial charge in [-0.05, 0) is 50.5 Å². The molecule has 0 saturated carbocycles. The second kappa shape index (κ2) is 6.85.